The van der Waals surface area contributed by atoms with Crippen molar-refractivity contribution in [3.05, 3.63) is 30.6 Å². The third kappa shape index (κ3) is 2.48. The van der Waals surface area contributed by atoms with Crippen LogP contribution in [0.15, 0.2) is 30.6 Å². The molecule has 1 heterocycles. The minimum absolute atomic E-state index is 1.08. The maximum absolute atomic E-state index is 3.39. The van der Waals surface area contributed by atoms with Gasteiger partial charge in [0, 0.05) is 23.9 Å². The highest BCUT2D eigenvalue weighted by Crippen LogP contribution is 1.86. The van der Waals surface area contributed by atoms with Crippen molar-refractivity contribution >= 4 is 15.9 Å². The molecular formula is C8H11BrN+. The number of rotatable bonds is 3. The summed E-state index contributed by atoms with van der Waals surface area (Å²) in [5, 5.41) is 1.08. The molecule has 1 aromatic heterocycles. The van der Waals surface area contributed by atoms with E-state index in [1.807, 2.05) is 18.2 Å². The number of pyridine rings is 1. The van der Waals surface area contributed by atoms with Gasteiger partial charge in [0.1, 0.15) is 6.54 Å². The molecule has 0 radical (unpaired) electrons. The monoisotopic (exact) mass is 200 g/mol. The summed E-state index contributed by atoms with van der Waals surface area (Å²) in [5.41, 5.74) is 0. The molecule has 0 unspecified atom stereocenters. The topological polar surface area (TPSA) is 3.88 Å². The molecule has 0 fully saturated rings. The number of aryl methyl sites for hydroxylation is 1. The van der Waals surface area contributed by atoms with Gasteiger partial charge in [-0.2, -0.15) is 0 Å². The molecule has 0 bridgehead atoms. The van der Waals surface area contributed by atoms with Gasteiger partial charge in [0.25, 0.3) is 0 Å². The van der Waals surface area contributed by atoms with E-state index in [-0.39, 0.29) is 0 Å². The van der Waals surface area contributed by atoms with E-state index in [0.717, 1.165) is 11.9 Å². The van der Waals surface area contributed by atoms with Crippen LogP contribution in [0.5, 0.6) is 0 Å². The van der Waals surface area contributed by atoms with Crippen LogP contribution in [-0.2, 0) is 6.54 Å². The highest BCUT2D eigenvalue weighted by atomic mass is 79.9. The van der Waals surface area contributed by atoms with Gasteiger partial charge < -0.3 is 0 Å². The van der Waals surface area contributed by atoms with E-state index < -0.39 is 0 Å². The number of hydrogen-bond donors (Lipinski definition) is 0. The number of halogens is 1. The van der Waals surface area contributed by atoms with Crippen LogP contribution >= 0.6 is 15.9 Å². The Bertz CT molecular complexity index is 174. The molecular weight excluding hydrogens is 190 g/mol. The largest absolute Gasteiger partial charge is 0.205 e. The lowest BCUT2D eigenvalue weighted by atomic mass is 10.4. The molecule has 10 heavy (non-hydrogen) atoms. The molecule has 0 aliphatic heterocycles. The van der Waals surface area contributed by atoms with Crippen LogP contribution in [0.25, 0.3) is 0 Å². The highest BCUT2D eigenvalue weighted by molar-refractivity contribution is 9.09. The molecule has 0 amide bonds. The van der Waals surface area contributed by atoms with E-state index >= 15 is 0 Å². The van der Waals surface area contributed by atoms with Crippen molar-refractivity contribution in [2.75, 3.05) is 5.33 Å². The molecule has 0 aliphatic carbocycles. The lowest BCUT2D eigenvalue weighted by molar-refractivity contribution is -0.696. The molecule has 0 saturated carbocycles. The van der Waals surface area contributed by atoms with Gasteiger partial charge in [-0.3, -0.25) is 0 Å². The lowest BCUT2D eigenvalue weighted by Gasteiger charge is -1.91. The third-order valence-corrected chi connectivity index (χ3v) is 1.89. The van der Waals surface area contributed by atoms with E-state index in [1.54, 1.807) is 0 Å². The average Bonchev–Trinajstić information content (AvgIpc) is 2.03. The fourth-order valence-electron chi connectivity index (χ4n) is 0.826. The summed E-state index contributed by atoms with van der Waals surface area (Å²) in [6.45, 7) is 1.10. The molecule has 0 aliphatic rings. The van der Waals surface area contributed by atoms with Crippen molar-refractivity contribution in [3.63, 3.8) is 0 Å². The molecule has 2 heteroatoms. The van der Waals surface area contributed by atoms with Crippen LogP contribution in [0, 0.1) is 0 Å². The van der Waals surface area contributed by atoms with Gasteiger partial charge in [0.05, 0.1) is 0 Å². The van der Waals surface area contributed by atoms with E-state index in [4.69, 9.17) is 0 Å². The second-order valence-corrected chi connectivity index (χ2v) is 2.95. The summed E-state index contributed by atoms with van der Waals surface area (Å²) in [7, 11) is 0. The summed E-state index contributed by atoms with van der Waals surface area (Å²) in [6, 6.07) is 6.13. The Morgan fingerprint density at radius 1 is 1.10 bits per heavy atom. The Kier molecular flexibility index (Phi) is 3.44. The molecule has 1 nitrogen and oxygen atoms in total. The summed E-state index contributed by atoms with van der Waals surface area (Å²) >= 11 is 3.39. The third-order valence-electron chi connectivity index (χ3n) is 1.33. The summed E-state index contributed by atoms with van der Waals surface area (Å²) < 4.78 is 2.18. The smallest absolute Gasteiger partial charge is 0.168 e. The maximum atomic E-state index is 3.39. The first kappa shape index (κ1) is 7.73. The van der Waals surface area contributed by atoms with Crippen LogP contribution in [0.3, 0.4) is 0 Å². The summed E-state index contributed by atoms with van der Waals surface area (Å²) in [5.74, 6) is 0. The van der Waals surface area contributed by atoms with E-state index in [9.17, 15) is 0 Å². The Morgan fingerprint density at radius 3 is 2.40 bits per heavy atom. The summed E-state index contributed by atoms with van der Waals surface area (Å²) in [6.07, 6.45) is 5.36. The minimum atomic E-state index is 1.08. The molecule has 0 saturated heterocycles. The quantitative estimate of drug-likeness (QED) is 0.518. The second-order valence-electron chi connectivity index (χ2n) is 2.16. The van der Waals surface area contributed by atoms with Gasteiger partial charge in [-0.05, 0) is 0 Å². The van der Waals surface area contributed by atoms with Crippen molar-refractivity contribution < 1.29 is 4.57 Å². The van der Waals surface area contributed by atoms with Crippen molar-refractivity contribution in [2.24, 2.45) is 0 Å². The first-order valence-corrected chi connectivity index (χ1v) is 4.55. The minimum Gasteiger partial charge on any atom is -0.205 e. The first-order chi connectivity index (χ1) is 4.93. The van der Waals surface area contributed by atoms with Gasteiger partial charge >= 0.3 is 0 Å². The standard InChI is InChI=1S/C8H11BrN/c9-5-4-8-10-6-2-1-3-7-10/h1-3,6-7H,4-5,8H2/q+1. The van der Waals surface area contributed by atoms with Gasteiger partial charge in [-0.1, -0.05) is 22.0 Å². The Hall–Kier alpha value is -0.370. The Labute approximate surface area is 69.8 Å². The molecule has 1 aromatic rings. The van der Waals surface area contributed by atoms with E-state index in [0.29, 0.717) is 0 Å². The molecule has 1 rings (SSSR count). The molecule has 0 aromatic carbocycles. The van der Waals surface area contributed by atoms with Crippen molar-refractivity contribution in [1.29, 1.82) is 0 Å². The predicted octanol–water partition coefficient (Wildman–Crippen LogP) is 1.76. The van der Waals surface area contributed by atoms with Crippen LogP contribution in [-0.4, -0.2) is 5.33 Å². The molecule has 0 N–H and O–H groups in total. The SMILES string of the molecule is BrCCC[n+]1ccccc1. The number of nitrogens with zero attached hydrogens (tertiary/aromatic N) is 1. The lowest BCUT2D eigenvalue weighted by Crippen LogP contribution is -2.32. The molecule has 54 valence electrons. The molecule has 0 atom stereocenters. The highest BCUT2D eigenvalue weighted by Gasteiger charge is 1.93. The van der Waals surface area contributed by atoms with Gasteiger partial charge in [-0.15, -0.1) is 0 Å². The number of hydrogen-bond acceptors (Lipinski definition) is 0. The predicted molar refractivity (Wildman–Crippen MR) is 45.0 cm³/mol. The Balaban J connectivity index is 2.43. The maximum Gasteiger partial charge on any atom is 0.168 e. The van der Waals surface area contributed by atoms with Crippen LogP contribution < -0.4 is 4.57 Å². The van der Waals surface area contributed by atoms with Crippen LogP contribution in [0.1, 0.15) is 6.42 Å². The molecule has 0 spiro atoms. The fourth-order valence-corrected chi connectivity index (χ4v) is 1.08. The zero-order chi connectivity index (χ0) is 7.23. The van der Waals surface area contributed by atoms with E-state index in [1.165, 1.54) is 6.42 Å². The number of aromatic nitrogens is 1. The first-order valence-electron chi connectivity index (χ1n) is 3.43. The zero-order valence-corrected chi connectivity index (χ0v) is 7.42. The van der Waals surface area contributed by atoms with Gasteiger partial charge in [0.15, 0.2) is 12.4 Å². The van der Waals surface area contributed by atoms with E-state index in [2.05, 4.69) is 32.9 Å². The normalized spacial score (nSPS) is 9.70. The van der Waals surface area contributed by atoms with Crippen molar-refractivity contribution in [1.82, 2.24) is 0 Å². The fraction of sp³-hybridized carbons (Fsp3) is 0.375. The second kappa shape index (κ2) is 4.45. The summed E-state index contributed by atoms with van der Waals surface area (Å²) in [4.78, 5) is 0. The Morgan fingerprint density at radius 2 is 1.80 bits per heavy atom. The van der Waals surface area contributed by atoms with Gasteiger partial charge in [0.2, 0.25) is 0 Å². The van der Waals surface area contributed by atoms with Crippen LogP contribution in [0.2, 0.25) is 0 Å². The van der Waals surface area contributed by atoms with Gasteiger partial charge in [-0.25, -0.2) is 4.57 Å². The van der Waals surface area contributed by atoms with Crippen molar-refractivity contribution in [2.45, 2.75) is 13.0 Å². The van der Waals surface area contributed by atoms with Crippen LogP contribution in [0.4, 0.5) is 0 Å². The zero-order valence-electron chi connectivity index (χ0n) is 5.83. The van der Waals surface area contributed by atoms with Crippen molar-refractivity contribution in [3.8, 4) is 0 Å². The average molecular weight is 201 g/mol. The number of alkyl halides is 1.